The van der Waals surface area contributed by atoms with Crippen molar-refractivity contribution in [3.05, 3.63) is 255 Å². The van der Waals surface area contributed by atoms with Gasteiger partial charge in [0.25, 0.3) is 0 Å². The van der Waals surface area contributed by atoms with Crippen molar-refractivity contribution in [1.82, 2.24) is 4.57 Å². The zero-order chi connectivity index (χ0) is 44.3. The first kappa shape index (κ1) is 38.9. The van der Waals surface area contributed by atoms with Crippen molar-refractivity contribution in [2.75, 3.05) is 4.90 Å². The van der Waals surface area contributed by atoms with Crippen molar-refractivity contribution in [3.63, 3.8) is 0 Å². The Morgan fingerprint density at radius 2 is 0.821 bits per heavy atom. The molecule has 0 atom stereocenters. The van der Waals surface area contributed by atoms with Crippen LogP contribution < -0.4 is 4.90 Å². The lowest BCUT2D eigenvalue weighted by Crippen LogP contribution is -2.11. The van der Waals surface area contributed by atoms with Crippen LogP contribution in [-0.4, -0.2) is 4.57 Å². The van der Waals surface area contributed by atoms with E-state index < -0.39 is 0 Å². The Bertz CT molecular complexity index is 3930. The Hall–Kier alpha value is -8.50. The van der Waals surface area contributed by atoms with Gasteiger partial charge in [-0.25, -0.2) is 0 Å². The summed E-state index contributed by atoms with van der Waals surface area (Å²) in [5.74, 6) is 0. The molecule has 0 unspecified atom stereocenters. The van der Waals surface area contributed by atoms with E-state index in [1.807, 2.05) is 11.3 Å². The van der Waals surface area contributed by atoms with Gasteiger partial charge in [0.2, 0.25) is 0 Å². The van der Waals surface area contributed by atoms with Crippen LogP contribution in [0.3, 0.4) is 0 Å². The summed E-state index contributed by atoms with van der Waals surface area (Å²) in [6.45, 7) is 0. The van der Waals surface area contributed by atoms with Gasteiger partial charge in [-0.15, -0.1) is 11.3 Å². The first-order valence-electron chi connectivity index (χ1n) is 22.9. The van der Waals surface area contributed by atoms with E-state index in [0.29, 0.717) is 0 Å². The third-order valence-corrected chi connectivity index (χ3v) is 14.6. The molecule has 0 saturated heterocycles. The molecule has 2 nitrogen and oxygen atoms in total. The monoisotopic (exact) mass is 870 g/mol. The first-order valence-corrected chi connectivity index (χ1v) is 23.7. The van der Waals surface area contributed by atoms with Gasteiger partial charge in [-0.3, -0.25) is 0 Å². The maximum Gasteiger partial charge on any atom is 0.0541 e. The van der Waals surface area contributed by atoms with Crippen molar-refractivity contribution in [2.24, 2.45) is 0 Å². The molecule has 0 amide bonds. The molecular formula is C64H42N2S. The number of hydrogen-bond acceptors (Lipinski definition) is 2. The van der Waals surface area contributed by atoms with Crippen LogP contribution in [0.1, 0.15) is 0 Å². The summed E-state index contributed by atoms with van der Waals surface area (Å²) < 4.78 is 5.00. The topological polar surface area (TPSA) is 8.17 Å². The van der Waals surface area contributed by atoms with Crippen LogP contribution in [0.15, 0.2) is 255 Å². The highest BCUT2D eigenvalue weighted by Crippen LogP contribution is 2.46. The Balaban J connectivity index is 0.913. The molecule has 0 aliphatic rings. The van der Waals surface area contributed by atoms with Crippen molar-refractivity contribution >= 4 is 81.1 Å². The van der Waals surface area contributed by atoms with Gasteiger partial charge >= 0.3 is 0 Å². The standard InChI is InChI=1S/C64H42N2S/c1-2-15-46-41-50(31-30-43(46)14-1)48-17-11-16-47(40-48)44-32-36-51(37-33-44)65(60-26-7-5-22-56(60)58-24-13-25-59-57-23-6-10-29-63(57)67-64(58)59)52-38-34-45(35-39-52)49-18-12-19-53(42-49)66-61-27-8-3-20-54(61)55-21-4-9-28-62(55)66/h1-42H. The number of anilines is 3. The van der Waals surface area contributed by atoms with Gasteiger partial charge in [-0.1, -0.05) is 182 Å². The molecule has 13 aromatic rings. The summed E-state index contributed by atoms with van der Waals surface area (Å²) >= 11 is 1.87. The minimum atomic E-state index is 1.09. The lowest BCUT2D eigenvalue weighted by Gasteiger charge is -2.28. The molecule has 0 spiro atoms. The Kier molecular flexibility index (Phi) is 9.40. The van der Waals surface area contributed by atoms with Gasteiger partial charge in [-0.2, -0.15) is 0 Å². The lowest BCUT2D eigenvalue weighted by molar-refractivity contribution is 1.18. The van der Waals surface area contributed by atoms with Crippen LogP contribution in [0, 0.1) is 0 Å². The normalized spacial score (nSPS) is 11.6. The highest BCUT2D eigenvalue weighted by Gasteiger charge is 2.20. The van der Waals surface area contributed by atoms with E-state index in [2.05, 4.69) is 264 Å². The van der Waals surface area contributed by atoms with Crippen molar-refractivity contribution in [3.8, 4) is 50.2 Å². The SMILES string of the molecule is c1cc(-c2ccc(N(c3ccc(-c4cccc(-n5c6ccccc6c6ccccc65)c4)cc3)c3ccccc3-c3cccc4c3sc3ccccc34)cc2)cc(-c2ccc3ccccc3c2)c1. The second-order valence-corrected chi connectivity index (χ2v) is 18.3. The van der Waals surface area contributed by atoms with Crippen LogP contribution >= 0.6 is 11.3 Å². The van der Waals surface area contributed by atoms with E-state index >= 15 is 0 Å². The molecule has 13 rings (SSSR count). The van der Waals surface area contributed by atoms with E-state index in [1.54, 1.807) is 0 Å². The second kappa shape index (κ2) is 16.2. The minimum absolute atomic E-state index is 1.09. The van der Waals surface area contributed by atoms with Gasteiger partial charge in [0.05, 0.1) is 16.7 Å². The number of rotatable bonds is 8. The smallest absolute Gasteiger partial charge is 0.0541 e. The molecule has 0 aliphatic carbocycles. The zero-order valence-corrected chi connectivity index (χ0v) is 37.4. The third kappa shape index (κ3) is 6.79. The zero-order valence-electron chi connectivity index (χ0n) is 36.6. The second-order valence-electron chi connectivity index (χ2n) is 17.3. The van der Waals surface area contributed by atoms with Crippen molar-refractivity contribution < 1.29 is 0 Å². The van der Waals surface area contributed by atoms with E-state index in [1.165, 1.54) is 91.7 Å². The molecular weight excluding hydrogens is 829 g/mol. The largest absolute Gasteiger partial charge is 0.310 e. The summed E-state index contributed by atoms with van der Waals surface area (Å²) in [5, 5.41) is 7.63. The molecule has 0 N–H and O–H groups in total. The maximum atomic E-state index is 2.43. The number of hydrogen-bond donors (Lipinski definition) is 0. The number of aromatic nitrogens is 1. The van der Waals surface area contributed by atoms with Crippen molar-refractivity contribution in [2.45, 2.75) is 0 Å². The average Bonchev–Trinajstić information content (AvgIpc) is 3.96. The molecule has 0 aliphatic heterocycles. The average molecular weight is 871 g/mol. The third-order valence-electron chi connectivity index (χ3n) is 13.4. The predicted octanol–water partition coefficient (Wildman–Crippen LogP) is 18.4. The molecule has 67 heavy (non-hydrogen) atoms. The number of fused-ring (bicyclic) bond motifs is 7. The van der Waals surface area contributed by atoms with Gasteiger partial charge in [0.15, 0.2) is 0 Å². The highest BCUT2D eigenvalue weighted by atomic mass is 32.1. The van der Waals surface area contributed by atoms with Crippen LogP contribution in [0.25, 0.3) is 103 Å². The summed E-state index contributed by atoms with van der Waals surface area (Å²) in [5.41, 5.74) is 16.4. The number of nitrogens with zero attached hydrogens (tertiary/aromatic N) is 2. The Morgan fingerprint density at radius 3 is 1.55 bits per heavy atom. The summed E-state index contributed by atoms with van der Waals surface area (Å²) in [6.07, 6.45) is 0. The lowest BCUT2D eigenvalue weighted by atomic mass is 9.97. The quantitative estimate of drug-likeness (QED) is 0.148. The van der Waals surface area contributed by atoms with E-state index in [-0.39, 0.29) is 0 Å². The van der Waals surface area contributed by atoms with Crippen molar-refractivity contribution in [1.29, 1.82) is 0 Å². The highest BCUT2D eigenvalue weighted by molar-refractivity contribution is 7.26. The predicted molar refractivity (Wildman–Crippen MR) is 288 cm³/mol. The molecule has 0 saturated carbocycles. The Labute approximate surface area is 393 Å². The van der Waals surface area contributed by atoms with Gasteiger partial charge in [0.1, 0.15) is 0 Å². The fourth-order valence-electron chi connectivity index (χ4n) is 10.2. The summed E-state index contributed by atoms with van der Waals surface area (Å²) in [7, 11) is 0. The van der Waals surface area contributed by atoms with Gasteiger partial charge in [-0.05, 0) is 117 Å². The molecule has 2 heterocycles. The Morgan fingerprint density at radius 1 is 0.313 bits per heavy atom. The summed E-state index contributed by atoms with van der Waals surface area (Å²) in [4.78, 5) is 2.43. The fourth-order valence-corrected chi connectivity index (χ4v) is 11.4. The van der Waals surface area contributed by atoms with Crippen LogP contribution in [-0.2, 0) is 0 Å². The number of benzene rings is 11. The molecule has 314 valence electrons. The first-order chi connectivity index (χ1) is 33.2. The maximum absolute atomic E-state index is 2.43. The number of thiophene rings is 1. The van der Waals surface area contributed by atoms with E-state index in [9.17, 15) is 0 Å². The van der Waals surface area contributed by atoms with Crippen LogP contribution in [0.5, 0.6) is 0 Å². The van der Waals surface area contributed by atoms with E-state index in [4.69, 9.17) is 0 Å². The van der Waals surface area contributed by atoms with Crippen LogP contribution in [0.4, 0.5) is 17.1 Å². The molecule has 2 aromatic heterocycles. The summed E-state index contributed by atoms with van der Waals surface area (Å²) in [6, 6.07) is 93.2. The van der Waals surface area contributed by atoms with Gasteiger partial charge in [0, 0.05) is 59.1 Å². The molecule has 0 radical (unpaired) electrons. The minimum Gasteiger partial charge on any atom is -0.310 e. The molecule has 3 heteroatoms. The van der Waals surface area contributed by atoms with Gasteiger partial charge < -0.3 is 9.47 Å². The molecule has 11 aromatic carbocycles. The fraction of sp³-hybridized carbons (Fsp3) is 0. The van der Waals surface area contributed by atoms with E-state index in [0.717, 1.165) is 28.3 Å². The molecule has 0 bridgehead atoms. The van der Waals surface area contributed by atoms with Crippen LogP contribution in [0.2, 0.25) is 0 Å². The molecule has 0 fully saturated rings. The number of para-hydroxylation sites is 3.